The zero-order chi connectivity index (χ0) is 20.7. The minimum atomic E-state index is -0.995. The Bertz CT molecular complexity index is 446. The molecule has 0 aliphatic heterocycles. The second kappa shape index (κ2) is 21.4. The number of aliphatic carboxylic acids is 1. The first kappa shape index (κ1) is 26.1. The van der Waals surface area contributed by atoms with Crippen molar-refractivity contribution in [2.24, 2.45) is 5.11 Å². The van der Waals surface area contributed by atoms with E-state index in [9.17, 15) is 9.59 Å². The molecular formula is C16H30N4O8. The average molecular weight is 406 g/mol. The normalized spacial score (nSPS) is 10.4. The molecule has 0 heterocycles. The van der Waals surface area contributed by atoms with E-state index in [0.717, 1.165) is 0 Å². The molecule has 0 atom stereocenters. The fraction of sp³-hybridized carbons (Fsp3) is 0.875. The summed E-state index contributed by atoms with van der Waals surface area (Å²) in [6, 6.07) is 0. The van der Waals surface area contributed by atoms with E-state index in [-0.39, 0.29) is 18.7 Å². The van der Waals surface area contributed by atoms with Crippen LogP contribution < -0.4 is 5.32 Å². The first-order valence-corrected chi connectivity index (χ1v) is 9.05. The van der Waals surface area contributed by atoms with Crippen LogP contribution in [-0.2, 0) is 33.3 Å². The molecule has 28 heavy (non-hydrogen) atoms. The molecule has 0 saturated heterocycles. The lowest BCUT2D eigenvalue weighted by atomic mass is 10.3. The zero-order valence-corrected chi connectivity index (χ0v) is 16.0. The van der Waals surface area contributed by atoms with Gasteiger partial charge in [-0.05, 0) is 5.53 Å². The van der Waals surface area contributed by atoms with Crippen LogP contribution in [0.5, 0.6) is 0 Å². The zero-order valence-electron chi connectivity index (χ0n) is 16.0. The summed E-state index contributed by atoms with van der Waals surface area (Å²) in [7, 11) is 0. The Morgan fingerprint density at radius 1 is 0.786 bits per heavy atom. The quantitative estimate of drug-likeness (QED) is 0.119. The maximum atomic E-state index is 11.2. The Kier molecular flexibility index (Phi) is 19.9. The van der Waals surface area contributed by atoms with Gasteiger partial charge in [0.25, 0.3) is 0 Å². The number of azide groups is 1. The molecule has 162 valence electrons. The number of carbonyl (C=O) groups excluding carboxylic acids is 1. The van der Waals surface area contributed by atoms with Crippen molar-refractivity contribution in [2.75, 3.05) is 79.2 Å². The molecule has 2 N–H and O–H groups in total. The SMILES string of the molecule is [N-]=[N+]=NCCOCCOCCOCCOCCOCCNC(=O)CCC(=O)O. The standard InChI is InChI=1S/C16H30N4O8/c17-20-19-4-6-25-8-10-27-12-14-28-13-11-26-9-7-24-5-3-18-15(21)1-2-16(22)23/h1-14H2,(H,18,21)(H,22,23). The molecule has 0 bridgehead atoms. The topological polar surface area (TPSA) is 161 Å². The van der Waals surface area contributed by atoms with Crippen LogP contribution in [0, 0.1) is 0 Å². The van der Waals surface area contributed by atoms with E-state index in [0.29, 0.717) is 79.2 Å². The average Bonchev–Trinajstić information content (AvgIpc) is 2.68. The highest BCUT2D eigenvalue weighted by Crippen LogP contribution is 1.88. The van der Waals surface area contributed by atoms with Gasteiger partial charge in [0.15, 0.2) is 0 Å². The predicted molar refractivity (Wildman–Crippen MR) is 98.0 cm³/mol. The van der Waals surface area contributed by atoms with E-state index in [2.05, 4.69) is 15.3 Å². The van der Waals surface area contributed by atoms with Gasteiger partial charge < -0.3 is 34.1 Å². The highest BCUT2D eigenvalue weighted by molar-refractivity contribution is 5.80. The first-order chi connectivity index (χ1) is 13.7. The molecule has 0 spiro atoms. The number of amides is 1. The third kappa shape index (κ3) is 22.1. The Hall–Kier alpha value is -1.95. The maximum Gasteiger partial charge on any atom is 0.303 e. The molecular weight excluding hydrogens is 376 g/mol. The summed E-state index contributed by atoms with van der Waals surface area (Å²) >= 11 is 0. The van der Waals surface area contributed by atoms with Crippen molar-refractivity contribution in [1.82, 2.24) is 5.32 Å². The number of hydrogen-bond acceptors (Lipinski definition) is 8. The van der Waals surface area contributed by atoms with Crippen LogP contribution in [0.4, 0.5) is 0 Å². The fourth-order valence-corrected chi connectivity index (χ4v) is 1.70. The first-order valence-electron chi connectivity index (χ1n) is 9.05. The van der Waals surface area contributed by atoms with Gasteiger partial charge in [0.05, 0.1) is 72.5 Å². The van der Waals surface area contributed by atoms with Crippen molar-refractivity contribution in [2.45, 2.75) is 12.8 Å². The minimum Gasteiger partial charge on any atom is -0.481 e. The molecule has 0 aliphatic carbocycles. The van der Waals surface area contributed by atoms with Gasteiger partial charge in [-0.25, -0.2) is 0 Å². The molecule has 0 aromatic heterocycles. The third-order valence-electron chi connectivity index (χ3n) is 3.02. The molecule has 0 radical (unpaired) electrons. The summed E-state index contributed by atoms with van der Waals surface area (Å²) in [6.45, 7) is 4.88. The van der Waals surface area contributed by atoms with Gasteiger partial charge in [0.2, 0.25) is 5.91 Å². The second-order valence-corrected chi connectivity index (χ2v) is 5.26. The number of carboxylic acid groups (broad SMARTS) is 1. The lowest BCUT2D eigenvalue weighted by Crippen LogP contribution is -2.27. The van der Waals surface area contributed by atoms with Gasteiger partial charge in [0, 0.05) is 24.4 Å². The Morgan fingerprint density at radius 2 is 1.25 bits per heavy atom. The summed E-state index contributed by atoms with van der Waals surface area (Å²) in [5.41, 5.74) is 8.07. The molecule has 0 rings (SSSR count). The van der Waals surface area contributed by atoms with E-state index in [1.807, 2.05) is 0 Å². The van der Waals surface area contributed by atoms with Gasteiger partial charge in [-0.15, -0.1) is 0 Å². The smallest absolute Gasteiger partial charge is 0.303 e. The summed E-state index contributed by atoms with van der Waals surface area (Å²) in [5.74, 6) is -1.30. The Morgan fingerprint density at radius 3 is 1.71 bits per heavy atom. The molecule has 0 unspecified atom stereocenters. The van der Waals surface area contributed by atoms with Gasteiger partial charge in [-0.3, -0.25) is 9.59 Å². The number of rotatable bonds is 21. The minimum absolute atomic E-state index is 0.0316. The van der Waals surface area contributed by atoms with Gasteiger partial charge in [-0.1, -0.05) is 5.11 Å². The molecule has 0 fully saturated rings. The van der Waals surface area contributed by atoms with Crippen molar-refractivity contribution in [3.63, 3.8) is 0 Å². The lowest BCUT2D eigenvalue weighted by molar-refractivity contribution is -0.138. The molecule has 12 nitrogen and oxygen atoms in total. The van der Waals surface area contributed by atoms with Crippen LogP contribution in [0.1, 0.15) is 12.8 Å². The van der Waals surface area contributed by atoms with E-state index in [1.54, 1.807) is 0 Å². The lowest BCUT2D eigenvalue weighted by Gasteiger charge is -2.08. The van der Waals surface area contributed by atoms with Crippen molar-refractivity contribution in [1.29, 1.82) is 0 Å². The molecule has 0 aliphatic rings. The van der Waals surface area contributed by atoms with Crippen LogP contribution in [-0.4, -0.2) is 96.1 Å². The largest absolute Gasteiger partial charge is 0.481 e. The number of nitrogens with one attached hydrogen (secondary N) is 1. The highest BCUT2D eigenvalue weighted by Gasteiger charge is 2.04. The van der Waals surface area contributed by atoms with Gasteiger partial charge in [-0.2, -0.15) is 0 Å². The predicted octanol–water partition coefficient (Wildman–Crippen LogP) is 0.361. The van der Waals surface area contributed by atoms with Gasteiger partial charge >= 0.3 is 5.97 Å². The number of carbonyl (C=O) groups is 2. The third-order valence-corrected chi connectivity index (χ3v) is 3.02. The molecule has 0 saturated carbocycles. The van der Waals surface area contributed by atoms with Crippen molar-refractivity contribution >= 4 is 11.9 Å². The molecule has 12 heteroatoms. The monoisotopic (exact) mass is 406 g/mol. The highest BCUT2D eigenvalue weighted by atomic mass is 16.6. The van der Waals surface area contributed by atoms with Crippen LogP contribution in [0.2, 0.25) is 0 Å². The number of nitrogens with zero attached hydrogens (tertiary/aromatic N) is 3. The fourth-order valence-electron chi connectivity index (χ4n) is 1.70. The Balaban J connectivity index is 3.11. The Labute approximate surface area is 164 Å². The van der Waals surface area contributed by atoms with E-state index in [4.69, 9.17) is 34.3 Å². The van der Waals surface area contributed by atoms with Crippen LogP contribution >= 0.6 is 0 Å². The van der Waals surface area contributed by atoms with Crippen molar-refractivity contribution in [3.05, 3.63) is 10.4 Å². The van der Waals surface area contributed by atoms with Crippen molar-refractivity contribution in [3.8, 4) is 0 Å². The van der Waals surface area contributed by atoms with Gasteiger partial charge in [0.1, 0.15) is 0 Å². The van der Waals surface area contributed by atoms with Crippen molar-refractivity contribution < 1.29 is 38.4 Å². The maximum absolute atomic E-state index is 11.2. The summed E-state index contributed by atoms with van der Waals surface area (Å²) in [5, 5.41) is 14.4. The summed E-state index contributed by atoms with van der Waals surface area (Å²) in [6.07, 6.45) is -0.209. The number of carboxylic acids is 1. The van der Waals surface area contributed by atoms with Crippen LogP contribution in [0.25, 0.3) is 10.4 Å². The van der Waals surface area contributed by atoms with E-state index >= 15 is 0 Å². The molecule has 0 aromatic rings. The second-order valence-electron chi connectivity index (χ2n) is 5.26. The van der Waals surface area contributed by atoms with Crippen LogP contribution in [0.3, 0.4) is 0 Å². The molecule has 0 aromatic carbocycles. The number of hydrogen-bond donors (Lipinski definition) is 2. The van der Waals surface area contributed by atoms with E-state index in [1.165, 1.54) is 0 Å². The van der Waals surface area contributed by atoms with Crippen LogP contribution in [0.15, 0.2) is 5.11 Å². The van der Waals surface area contributed by atoms with E-state index < -0.39 is 5.97 Å². The molecule has 1 amide bonds. The summed E-state index contributed by atoms with van der Waals surface area (Å²) < 4.78 is 26.4. The summed E-state index contributed by atoms with van der Waals surface area (Å²) in [4.78, 5) is 24.2. The number of ether oxygens (including phenoxy) is 5.